The lowest BCUT2D eigenvalue weighted by molar-refractivity contribution is -0.384. The Morgan fingerprint density at radius 3 is 2.72 bits per heavy atom. The number of anilines is 1. The molecule has 0 saturated carbocycles. The number of rotatable bonds is 6. The molecule has 130 valence electrons. The number of hydrazone groups is 1. The van der Waals surface area contributed by atoms with Gasteiger partial charge in [0.25, 0.3) is 5.69 Å². The van der Waals surface area contributed by atoms with Crippen molar-refractivity contribution in [2.24, 2.45) is 10.8 Å². The summed E-state index contributed by atoms with van der Waals surface area (Å²) in [7, 11) is 0. The van der Waals surface area contributed by atoms with Gasteiger partial charge in [0.05, 0.1) is 11.1 Å². The fourth-order valence-electron chi connectivity index (χ4n) is 1.95. The van der Waals surface area contributed by atoms with Gasteiger partial charge in [0.2, 0.25) is 0 Å². The van der Waals surface area contributed by atoms with E-state index in [1.165, 1.54) is 18.3 Å². The molecule has 0 unspecified atom stereocenters. The molecule has 0 amide bonds. The van der Waals surface area contributed by atoms with Gasteiger partial charge in [0.1, 0.15) is 0 Å². The number of nitrogens with zero attached hydrogens (tertiary/aromatic N) is 2. The van der Waals surface area contributed by atoms with Gasteiger partial charge in [-0.05, 0) is 36.0 Å². The second kappa shape index (κ2) is 8.61. The summed E-state index contributed by atoms with van der Waals surface area (Å²) < 4.78 is 0. The van der Waals surface area contributed by atoms with Gasteiger partial charge >= 0.3 is 0 Å². The first-order valence-corrected chi connectivity index (χ1v) is 8.08. The maximum absolute atomic E-state index is 11.0. The maximum Gasteiger partial charge on any atom is 0.270 e. The molecule has 0 saturated heterocycles. The Morgan fingerprint density at radius 2 is 2.08 bits per heavy atom. The van der Waals surface area contributed by atoms with Crippen LogP contribution in [-0.2, 0) is 6.54 Å². The van der Waals surface area contributed by atoms with Crippen LogP contribution in [-0.4, -0.2) is 16.3 Å². The fraction of sp³-hybridized carbons (Fsp3) is 0.0667. The third-order valence-electron chi connectivity index (χ3n) is 3.11. The first kappa shape index (κ1) is 18.9. The summed E-state index contributed by atoms with van der Waals surface area (Å²) in [5.41, 5.74) is 9.58. The third-order valence-corrected chi connectivity index (χ3v) is 3.79. The molecule has 2 aromatic carbocycles. The molecule has 0 aliphatic rings. The molecule has 0 aromatic heterocycles. The lowest BCUT2D eigenvalue weighted by Crippen LogP contribution is -2.24. The number of halogens is 2. The summed E-state index contributed by atoms with van der Waals surface area (Å²) >= 11 is 16.7. The van der Waals surface area contributed by atoms with Gasteiger partial charge in [-0.3, -0.25) is 15.5 Å². The van der Waals surface area contributed by atoms with E-state index in [2.05, 4.69) is 28.1 Å². The highest BCUT2D eigenvalue weighted by Crippen LogP contribution is 2.24. The molecule has 0 aliphatic carbocycles. The molecule has 4 N–H and O–H groups in total. The van der Waals surface area contributed by atoms with Gasteiger partial charge in [-0.15, -0.1) is 0 Å². The number of nitro benzene ring substituents is 1. The average molecular weight is 398 g/mol. The lowest BCUT2D eigenvalue weighted by atomic mass is 10.1. The molecule has 0 atom stereocenters. The summed E-state index contributed by atoms with van der Waals surface area (Å²) in [5.74, 6) is 0. The van der Waals surface area contributed by atoms with Crippen LogP contribution in [0.3, 0.4) is 0 Å². The standard InChI is InChI=1S/C15H13Cl2N5O2S/c16-11-2-1-9(13(17)6-11)7-19-14-4-3-12(22(23)24)5-10(14)8-20-21-15(18)25/h1-6,8,19H,7H2,(H3,18,21,25)/b20-8+. The summed E-state index contributed by atoms with van der Waals surface area (Å²) in [6, 6.07) is 9.54. The van der Waals surface area contributed by atoms with Crippen LogP contribution in [0.25, 0.3) is 0 Å². The Morgan fingerprint density at radius 1 is 1.32 bits per heavy atom. The van der Waals surface area contributed by atoms with Crippen molar-refractivity contribution in [3.05, 3.63) is 67.7 Å². The van der Waals surface area contributed by atoms with Crippen molar-refractivity contribution < 1.29 is 4.92 Å². The number of nitro groups is 1. The van der Waals surface area contributed by atoms with Crippen molar-refractivity contribution in [3.8, 4) is 0 Å². The van der Waals surface area contributed by atoms with Crippen LogP contribution < -0.4 is 16.5 Å². The van der Waals surface area contributed by atoms with Gasteiger partial charge in [-0.2, -0.15) is 5.10 Å². The van der Waals surface area contributed by atoms with Gasteiger partial charge in [0.15, 0.2) is 5.11 Å². The summed E-state index contributed by atoms with van der Waals surface area (Å²) in [6.07, 6.45) is 1.39. The van der Waals surface area contributed by atoms with E-state index >= 15 is 0 Å². The van der Waals surface area contributed by atoms with E-state index in [0.29, 0.717) is 27.8 Å². The Balaban J connectivity index is 2.24. The summed E-state index contributed by atoms with van der Waals surface area (Å²) in [5, 5.41) is 19.0. The van der Waals surface area contributed by atoms with Crippen LogP contribution in [0.4, 0.5) is 11.4 Å². The molecule has 25 heavy (non-hydrogen) atoms. The quantitative estimate of drug-likeness (QED) is 0.297. The van der Waals surface area contributed by atoms with Crippen LogP contribution >= 0.6 is 35.4 Å². The van der Waals surface area contributed by atoms with Crippen molar-refractivity contribution in [1.82, 2.24) is 5.43 Å². The molecular formula is C15H13Cl2N5O2S. The van der Waals surface area contributed by atoms with E-state index in [9.17, 15) is 10.1 Å². The van der Waals surface area contributed by atoms with E-state index < -0.39 is 4.92 Å². The number of nitrogens with one attached hydrogen (secondary N) is 2. The molecule has 0 heterocycles. The van der Waals surface area contributed by atoms with Crippen molar-refractivity contribution in [1.29, 1.82) is 0 Å². The highest BCUT2D eigenvalue weighted by molar-refractivity contribution is 7.80. The maximum atomic E-state index is 11.0. The minimum atomic E-state index is -0.488. The largest absolute Gasteiger partial charge is 0.380 e. The van der Waals surface area contributed by atoms with E-state index in [1.807, 2.05) is 0 Å². The van der Waals surface area contributed by atoms with E-state index in [4.69, 9.17) is 28.9 Å². The lowest BCUT2D eigenvalue weighted by Gasteiger charge is -2.11. The summed E-state index contributed by atoms with van der Waals surface area (Å²) in [6.45, 7) is 0.400. The molecule has 0 bridgehead atoms. The number of hydrogen-bond donors (Lipinski definition) is 3. The average Bonchev–Trinajstić information content (AvgIpc) is 2.54. The SMILES string of the molecule is NC(=S)N/N=C/c1cc([N+](=O)[O-])ccc1NCc1ccc(Cl)cc1Cl. The van der Waals surface area contributed by atoms with Gasteiger partial charge in [-0.1, -0.05) is 29.3 Å². The van der Waals surface area contributed by atoms with E-state index in [-0.39, 0.29) is 10.8 Å². The molecular weight excluding hydrogens is 385 g/mol. The van der Waals surface area contributed by atoms with Gasteiger partial charge < -0.3 is 11.1 Å². The highest BCUT2D eigenvalue weighted by Gasteiger charge is 2.10. The van der Waals surface area contributed by atoms with Crippen molar-refractivity contribution >= 4 is 58.1 Å². The monoisotopic (exact) mass is 397 g/mol. The Bertz CT molecular complexity index is 845. The zero-order valence-corrected chi connectivity index (χ0v) is 15.0. The van der Waals surface area contributed by atoms with Crippen LogP contribution in [0.5, 0.6) is 0 Å². The number of non-ortho nitro benzene ring substituents is 1. The van der Waals surface area contributed by atoms with Crippen molar-refractivity contribution in [2.75, 3.05) is 5.32 Å². The van der Waals surface area contributed by atoms with Crippen LogP contribution in [0.1, 0.15) is 11.1 Å². The predicted molar refractivity (Wildman–Crippen MR) is 104 cm³/mol. The molecule has 2 aromatic rings. The molecule has 0 fully saturated rings. The minimum absolute atomic E-state index is 0.0101. The number of thiocarbonyl (C=S) groups is 1. The Labute approximate surface area is 159 Å². The molecule has 2 rings (SSSR count). The van der Waals surface area contributed by atoms with Crippen LogP contribution in [0.15, 0.2) is 41.5 Å². The van der Waals surface area contributed by atoms with Crippen molar-refractivity contribution in [2.45, 2.75) is 6.54 Å². The molecule has 0 radical (unpaired) electrons. The molecule has 7 nitrogen and oxygen atoms in total. The topological polar surface area (TPSA) is 106 Å². The minimum Gasteiger partial charge on any atom is -0.380 e. The zero-order valence-electron chi connectivity index (χ0n) is 12.7. The second-order valence-corrected chi connectivity index (χ2v) is 6.14. The molecule has 10 heteroatoms. The number of nitrogens with two attached hydrogens (primary N) is 1. The van der Waals surface area contributed by atoms with E-state index in [0.717, 1.165) is 5.56 Å². The Kier molecular flexibility index (Phi) is 6.51. The predicted octanol–water partition coefficient (Wildman–Crippen LogP) is 3.68. The zero-order chi connectivity index (χ0) is 18.4. The molecule has 0 aliphatic heterocycles. The fourth-order valence-corrected chi connectivity index (χ4v) is 2.48. The van der Waals surface area contributed by atoms with E-state index in [1.54, 1.807) is 24.3 Å². The first-order valence-electron chi connectivity index (χ1n) is 6.91. The number of benzene rings is 2. The highest BCUT2D eigenvalue weighted by atomic mass is 35.5. The number of hydrogen-bond acceptors (Lipinski definition) is 5. The smallest absolute Gasteiger partial charge is 0.270 e. The second-order valence-electron chi connectivity index (χ2n) is 4.85. The van der Waals surface area contributed by atoms with Crippen LogP contribution in [0.2, 0.25) is 10.0 Å². The summed E-state index contributed by atoms with van der Waals surface area (Å²) in [4.78, 5) is 10.5. The third kappa shape index (κ3) is 5.56. The molecule has 0 spiro atoms. The normalized spacial score (nSPS) is 10.6. The Hall–Kier alpha value is -2.42. The van der Waals surface area contributed by atoms with Gasteiger partial charge in [0, 0.05) is 40.0 Å². The van der Waals surface area contributed by atoms with Gasteiger partial charge in [-0.25, -0.2) is 0 Å². The first-order chi connectivity index (χ1) is 11.9. The van der Waals surface area contributed by atoms with Crippen molar-refractivity contribution in [3.63, 3.8) is 0 Å². The van der Waals surface area contributed by atoms with Crippen LogP contribution in [0, 0.1) is 10.1 Å².